The number of ether oxygens (including phenoxy) is 2. The quantitative estimate of drug-likeness (QED) is 0.634. The normalized spacial score (nSPS) is 15.8. The molecule has 2 rings (SSSR count). The van der Waals surface area contributed by atoms with E-state index in [2.05, 4.69) is 17.1 Å². The lowest BCUT2D eigenvalue weighted by Crippen LogP contribution is -2.34. The van der Waals surface area contributed by atoms with E-state index < -0.39 is 0 Å². The second kappa shape index (κ2) is 11.7. The van der Waals surface area contributed by atoms with Gasteiger partial charge in [-0.2, -0.15) is 0 Å². The van der Waals surface area contributed by atoms with Gasteiger partial charge in [0.25, 0.3) is 5.91 Å². The molecule has 0 unspecified atom stereocenters. The predicted octanol–water partition coefficient (Wildman–Crippen LogP) is 3.74. The van der Waals surface area contributed by atoms with Gasteiger partial charge >= 0.3 is 0 Å². The standard InChI is InChI=1S/C22H34N2O3/c1-4-7-19-8-9-20(21(16-19)26-3)27-17-22(25)23-12-5-6-13-24-14-10-18(2)11-15-24/h4,7-9,16,18H,5-6,10-15,17H2,1-3H3,(H,23,25)/b7-4+. The lowest BCUT2D eigenvalue weighted by atomic mass is 9.99. The topological polar surface area (TPSA) is 50.8 Å². The van der Waals surface area contributed by atoms with Crippen molar-refractivity contribution in [1.29, 1.82) is 0 Å². The Bertz CT molecular complexity index is 608. The third-order valence-electron chi connectivity index (χ3n) is 5.01. The number of likely N-dealkylation sites (tertiary alicyclic amines) is 1. The summed E-state index contributed by atoms with van der Waals surface area (Å²) >= 11 is 0. The summed E-state index contributed by atoms with van der Waals surface area (Å²) in [4.78, 5) is 14.5. The molecule has 1 heterocycles. The Morgan fingerprint density at radius 3 is 2.74 bits per heavy atom. The van der Waals surface area contributed by atoms with Crippen LogP contribution in [0.2, 0.25) is 0 Å². The molecule has 1 saturated heterocycles. The molecule has 150 valence electrons. The van der Waals surface area contributed by atoms with Crippen LogP contribution in [0.15, 0.2) is 24.3 Å². The average Bonchev–Trinajstić information content (AvgIpc) is 2.68. The fraction of sp³-hybridized carbons (Fsp3) is 0.591. The molecule has 1 aliphatic heterocycles. The van der Waals surface area contributed by atoms with Gasteiger partial charge in [-0.3, -0.25) is 4.79 Å². The highest BCUT2D eigenvalue weighted by Gasteiger charge is 2.14. The summed E-state index contributed by atoms with van der Waals surface area (Å²) in [6.45, 7) is 8.57. The summed E-state index contributed by atoms with van der Waals surface area (Å²) in [5, 5.41) is 2.93. The predicted molar refractivity (Wildman–Crippen MR) is 110 cm³/mol. The van der Waals surface area contributed by atoms with Gasteiger partial charge in [0, 0.05) is 6.54 Å². The third kappa shape index (κ3) is 7.63. The van der Waals surface area contributed by atoms with Crippen molar-refractivity contribution in [3.05, 3.63) is 29.8 Å². The number of carbonyl (C=O) groups is 1. The number of benzene rings is 1. The van der Waals surface area contributed by atoms with Crippen molar-refractivity contribution in [3.63, 3.8) is 0 Å². The molecule has 5 heteroatoms. The first-order valence-corrected chi connectivity index (χ1v) is 10.0. The van der Waals surface area contributed by atoms with Crippen molar-refractivity contribution in [2.24, 2.45) is 5.92 Å². The van der Waals surface area contributed by atoms with Gasteiger partial charge in [0.05, 0.1) is 7.11 Å². The number of unbranched alkanes of at least 4 members (excludes halogenated alkanes) is 1. The number of nitrogens with one attached hydrogen (secondary N) is 1. The molecule has 0 aliphatic carbocycles. The van der Waals surface area contributed by atoms with Gasteiger partial charge in [0.15, 0.2) is 18.1 Å². The molecular formula is C22H34N2O3. The highest BCUT2D eigenvalue weighted by molar-refractivity contribution is 5.77. The van der Waals surface area contributed by atoms with E-state index in [4.69, 9.17) is 9.47 Å². The molecule has 0 spiro atoms. The smallest absolute Gasteiger partial charge is 0.257 e. The molecule has 5 nitrogen and oxygen atoms in total. The summed E-state index contributed by atoms with van der Waals surface area (Å²) in [6.07, 6.45) is 8.70. The average molecular weight is 375 g/mol. The van der Waals surface area contributed by atoms with Crippen LogP contribution in [0, 0.1) is 5.92 Å². The van der Waals surface area contributed by atoms with Gasteiger partial charge in [-0.05, 0) is 75.9 Å². The molecule has 1 aromatic carbocycles. The SMILES string of the molecule is C/C=C/c1ccc(OCC(=O)NCCCCN2CCC(C)CC2)c(OC)c1. The van der Waals surface area contributed by atoms with Crippen molar-refractivity contribution in [1.82, 2.24) is 10.2 Å². The lowest BCUT2D eigenvalue weighted by molar-refractivity contribution is -0.123. The first-order valence-electron chi connectivity index (χ1n) is 10.0. The highest BCUT2D eigenvalue weighted by atomic mass is 16.5. The van der Waals surface area contributed by atoms with E-state index in [1.807, 2.05) is 37.3 Å². The van der Waals surface area contributed by atoms with Crippen LogP contribution in [-0.4, -0.2) is 50.7 Å². The van der Waals surface area contributed by atoms with Gasteiger partial charge in [-0.1, -0.05) is 25.1 Å². The van der Waals surface area contributed by atoms with Gasteiger partial charge in [-0.15, -0.1) is 0 Å². The van der Waals surface area contributed by atoms with Crippen LogP contribution in [0.1, 0.15) is 45.1 Å². The van der Waals surface area contributed by atoms with Crippen LogP contribution < -0.4 is 14.8 Å². The largest absolute Gasteiger partial charge is 0.493 e. The molecule has 0 saturated carbocycles. The van der Waals surface area contributed by atoms with Gasteiger partial charge in [-0.25, -0.2) is 0 Å². The van der Waals surface area contributed by atoms with Crippen molar-refractivity contribution in [3.8, 4) is 11.5 Å². The van der Waals surface area contributed by atoms with Crippen molar-refractivity contribution in [2.45, 2.75) is 39.5 Å². The maximum absolute atomic E-state index is 12.0. The molecule has 1 aliphatic rings. The Morgan fingerprint density at radius 1 is 1.26 bits per heavy atom. The number of allylic oxidation sites excluding steroid dienone is 1. The molecule has 27 heavy (non-hydrogen) atoms. The van der Waals surface area contributed by atoms with Crippen molar-refractivity contribution < 1.29 is 14.3 Å². The van der Waals surface area contributed by atoms with Crippen LogP contribution in [0.25, 0.3) is 6.08 Å². The number of nitrogens with zero attached hydrogens (tertiary/aromatic N) is 1. The summed E-state index contributed by atoms with van der Waals surface area (Å²) < 4.78 is 11.0. The van der Waals surface area contributed by atoms with E-state index in [1.54, 1.807) is 7.11 Å². The number of carbonyl (C=O) groups excluding carboxylic acids is 1. The van der Waals surface area contributed by atoms with E-state index in [9.17, 15) is 4.79 Å². The Balaban J connectivity index is 1.62. The summed E-state index contributed by atoms with van der Waals surface area (Å²) in [7, 11) is 1.60. The Morgan fingerprint density at radius 2 is 2.04 bits per heavy atom. The van der Waals surface area contributed by atoms with E-state index in [1.165, 1.54) is 25.9 Å². The minimum Gasteiger partial charge on any atom is -0.493 e. The molecule has 1 aromatic rings. The van der Waals surface area contributed by atoms with Gasteiger partial charge < -0.3 is 19.7 Å². The molecule has 0 radical (unpaired) electrons. The van der Waals surface area contributed by atoms with Crippen molar-refractivity contribution in [2.75, 3.05) is 39.9 Å². The molecule has 1 amide bonds. The van der Waals surface area contributed by atoms with Crippen LogP contribution in [0.3, 0.4) is 0 Å². The lowest BCUT2D eigenvalue weighted by Gasteiger charge is -2.30. The minimum atomic E-state index is -0.0959. The summed E-state index contributed by atoms with van der Waals surface area (Å²) in [5.74, 6) is 1.99. The number of hydrogen-bond donors (Lipinski definition) is 1. The fourth-order valence-corrected chi connectivity index (χ4v) is 3.27. The Hall–Kier alpha value is -2.01. The number of piperidine rings is 1. The Kier molecular flexibility index (Phi) is 9.19. The zero-order valence-electron chi connectivity index (χ0n) is 17.0. The summed E-state index contributed by atoms with van der Waals surface area (Å²) in [5.41, 5.74) is 1.04. The maximum Gasteiger partial charge on any atom is 0.257 e. The number of methoxy groups -OCH3 is 1. The number of amides is 1. The molecule has 1 N–H and O–H groups in total. The Labute approximate surface area is 163 Å². The fourth-order valence-electron chi connectivity index (χ4n) is 3.27. The highest BCUT2D eigenvalue weighted by Crippen LogP contribution is 2.28. The monoisotopic (exact) mass is 374 g/mol. The zero-order chi connectivity index (χ0) is 19.5. The van der Waals surface area contributed by atoms with Crippen LogP contribution in [0.5, 0.6) is 11.5 Å². The molecule has 0 atom stereocenters. The first kappa shape index (κ1) is 21.3. The number of rotatable bonds is 10. The van der Waals surface area contributed by atoms with Gasteiger partial charge in [0.2, 0.25) is 0 Å². The second-order valence-electron chi connectivity index (χ2n) is 7.28. The molecular weight excluding hydrogens is 340 g/mol. The number of hydrogen-bond acceptors (Lipinski definition) is 4. The zero-order valence-corrected chi connectivity index (χ0v) is 17.0. The van der Waals surface area contributed by atoms with E-state index in [-0.39, 0.29) is 12.5 Å². The van der Waals surface area contributed by atoms with Crippen LogP contribution in [0.4, 0.5) is 0 Å². The molecule has 0 aromatic heterocycles. The van der Waals surface area contributed by atoms with E-state index >= 15 is 0 Å². The third-order valence-corrected chi connectivity index (χ3v) is 5.01. The molecule has 1 fully saturated rings. The second-order valence-corrected chi connectivity index (χ2v) is 7.28. The van der Waals surface area contributed by atoms with E-state index in [0.717, 1.165) is 30.9 Å². The minimum absolute atomic E-state index is 0.00331. The summed E-state index contributed by atoms with van der Waals surface area (Å²) in [6, 6.07) is 5.67. The first-order chi connectivity index (χ1) is 13.1. The molecule has 0 bridgehead atoms. The van der Waals surface area contributed by atoms with E-state index in [0.29, 0.717) is 18.0 Å². The maximum atomic E-state index is 12.0. The van der Waals surface area contributed by atoms with Crippen LogP contribution >= 0.6 is 0 Å². The van der Waals surface area contributed by atoms with Crippen molar-refractivity contribution >= 4 is 12.0 Å². The van der Waals surface area contributed by atoms with Crippen LogP contribution in [-0.2, 0) is 4.79 Å². The van der Waals surface area contributed by atoms with Gasteiger partial charge in [0.1, 0.15) is 0 Å².